The van der Waals surface area contributed by atoms with E-state index in [1.807, 2.05) is 32.0 Å². The van der Waals surface area contributed by atoms with E-state index < -0.39 is 10.0 Å². The second kappa shape index (κ2) is 8.32. The molecule has 0 atom stereocenters. The van der Waals surface area contributed by atoms with Crippen LogP contribution in [0.5, 0.6) is 0 Å². The van der Waals surface area contributed by atoms with Gasteiger partial charge in [-0.05, 0) is 84.5 Å². The van der Waals surface area contributed by atoms with Gasteiger partial charge in [0.1, 0.15) is 0 Å². The Labute approximate surface area is 178 Å². The molecule has 3 aromatic rings. The maximum atomic E-state index is 12.8. The third-order valence-corrected chi connectivity index (χ3v) is 6.24. The fourth-order valence-electron chi connectivity index (χ4n) is 2.65. The molecule has 0 heterocycles. The van der Waals surface area contributed by atoms with Crippen LogP contribution in [0.25, 0.3) is 0 Å². The number of carbonyl (C=O) groups excluding carboxylic acids is 1. The molecule has 2 N–H and O–H groups in total. The molecule has 0 spiro atoms. The summed E-state index contributed by atoms with van der Waals surface area (Å²) in [5, 5.41) is 2.85. The van der Waals surface area contributed by atoms with Gasteiger partial charge in [-0.15, -0.1) is 0 Å². The summed E-state index contributed by atoms with van der Waals surface area (Å²) < 4.78 is 29.0. The summed E-state index contributed by atoms with van der Waals surface area (Å²) in [5.74, 6) is -0.383. The van der Waals surface area contributed by atoms with Crippen LogP contribution in [0.2, 0.25) is 0 Å². The molecule has 0 fully saturated rings. The molecule has 3 rings (SSSR count). The van der Waals surface area contributed by atoms with Gasteiger partial charge in [0.05, 0.1) is 16.1 Å². The van der Waals surface area contributed by atoms with E-state index >= 15 is 0 Å². The Morgan fingerprint density at radius 2 is 1.57 bits per heavy atom. The van der Waals surface area contributed by atoms with E-state index in [1.165, 1.54) is 12.1 Å². The average molecular weight is 506 g/mol. The maximum absolute atomic E-state index is 12.8. The number of benzene rings is 3. The van der Waals surface area contributed by atoms with Gasteiger partial charge in [-0.25, -0.2) is 8.42 Å². The van der Waals surface area contributed by atoms with Crippen molar-refractivity contribution in [3.05, 3.63) is 87.0 Å². The smallest absolute Gasteiger partial charge is 0.261 e. The third kappa shape index (κ3) is 4.71. The monoisotopic (exact) mass is 506 g/mol. The van der Waals surface area contributed by atoms with Gasteiger partial charge in [0.2, 0.25) is 0 Å². The van der Waals surface area contributed by atoms with E-state index in [4.69, 9.17) is 0 Å². The zero-order valence-electron chi connectivity index (χ0n) is 15.4. The quantitative estimate of drug-likeness (QED) is 0.481. The highest BCUT2D eigenvalue weighted by Gasteiger charge is 2.19. The van der Waals surface area contributed by atoms with Gasteiger partial charge in [-0.2, -0.15) is 0 Å². The van der Waals surface area contributed by atoms with Crippen LogP contribution in [0.15, 0.2) is 71.6 Å². The predicted octanol–water partition coefficient (Wildman–Crippen LogP) is 4.96. The molecule has 0 aliphatic heterocycles. The highest BCUT2D eigenvalue weighted by Crippen LogP contribution is 2.23. The molecule has 0 aliphatic rings. The van der Waals surface area contributed by atoms with Crippen LogP contribution in [0, 0.1) is 17.4 Å². The van der Waals surface area contributed by atoms with Crippen LogP contribution in [-0.2, 0) is 10.0 Å². The summed E-state index contributed by atoms with van der Waals surface area (Å²) in [6.45, 7) is 3.79. The minimum absolute atomic E-state index is 0.141. The van der Waals surface area contributed by atoms with Crippen LogP contribution < -0.4 is 10.0 Å². The fraction of sp³-hybridized carbons (Fsp3) is 0.0952. The minimum Gasteiger partial charge on any atom is -0.322 e. The number of halogens is 1. The summed E-state index contributed by atoms with van der Waals surface area (Å²) in [7, 11) is -3.80. The first-order chi connectivity index (χ1) is 13.3. The summed E-state index contributed by atoms with van der Waals surface area (Å²) in [6.07, 6.45) is 0. The molecule has 0 unspecified atom stereocenters. The summed E-state index contributed by atoms with van der Waals surface area (Å²) in [5.41, 5.74) is 3.05. The second-order valence-corrected chi connectivity index (χ2v) is 9.31. The SMILES string of the molecule is Cc1ccc(S(=O)(=O)Nc2ccccc2C(=O)Nc2ccc(I)cc2C)cc1. The lowest BCUT2D eigenvalue weighted by atomic mass is 10.1. The molecule has 0 saturated heterocycles. The van der Waals surface area contributed by atoms with E-state index in [0.717, 1.165) is 14.7 Å². The lowest BCUT2D eigenvalue weighted by Gasteiger charge is -2.14. The number of nitrogens with one attached hydrogen (secondary N) is 2. The molecule has 7 heteroatoms. The van der Waals surface area contributed by atoms with Crippen molar-refractivity contribution in [2.24, 2.45) is 0 Å². The van der Waals surface area contributed by atoms with Gasteiger partial charge < -0.3 is 5.32 Å². The van der Waals surface area contributed by atoms with Crippen molar-refractivity contribution in [1.29, 1.82) is 0 Å². The molecule has 5 nitrogen and oxygen atoms in total. The zero-order chi connectivity index (χ0) is 20.3. The molecule has 0 radical (unpaired) electrons. The third-order valence-electron chi connectivity index (χ3n) is 4.18. The number of rotatable bonds is 5. The molecule has 144 valence electrons. The van der Waals surface area contributed by atoms with Crippen LogP contribution in [0.1, 0.15) is 21.5 Å². The summed E-state index contributed by atoms with van der Waals surface area (Å²) in [6, 6.07) is 18.8. The highest BCUT2D eigenvalue weighted by atomic mass is 127. The number of sulfonamides is 1. The summed E-state index contributed by atoms with van der Waals surface area (Å²) >= 11 is 2.21. The van der Waals surface area contributed by atoms with Gasteiger partial charge in [-0.1, -0.05) is 29.8 Å². The molecule has 3 aromatic carbocycles. The lowest BCUT2D eigenvalue weighted by molar-refractivity contribution is 0.102. The van der Waals surface area contributed by atoms with E-state index in [1.54, 1.807) is 36.4 Å². The van der Waals surface area contributed by atoms with Crippen molar-refractivity contribution in [2.45, 2.75) is 18.7 Å². The number of amides is 1. The van der Waals surface area contributed by atoms with Crippen molar-refractivity contribution in [2.75, 3.05) is 10.0 Å². The topological polar surface area (TPSA) is 75.3 Å². The zero-order valence-corrected chi connectivity index (χ0v) is 18.3. The Morgan fingerprint density at radius 3 is 2.25 bits per heavy atom. The summed E-state index contributed by atoms with van der Waals surface area (Å²) in [4.78, 5) is 12.9. The average Bonchev–Trinajstić information content (AvgIpc) is 2.64. The van der Waals surface area contributed by atoms with E-state index in [2.05, 4.69) is 32.6 Å². The number of carbonyl (C=O) groups is 1. The van der Waals surface area contributed by atoms with Crippen molar-refractivity contribution in [3.63, 3.8) is 0 Å². The standard InChI is InChI=1S/C21H19IN2O3S/c1-14-7-10-17(11-8-14)28(26,27)24-20-6-4-3-5-18(20)21(25)23-19-12-9-16(22)13-15(19)2/h3-13,24H,1-2H3,(H,23,25). The first-order valence-corrected chi connectivity index (χ1v) is 11.1. The van der Waals surface area contributed by atoms with Gasteiger partial charge in [-0.3, -0.25) is 9.52 Å². The van der Waals surface area contributed by atoms with Gasteiger partial charge in [0, 0.05) is 9.26 Å². The van der Waals surface area contributed by atoms with Crippen molar-refractivity contribution >= 4 is 49.9 Å². The molecule has 28 heavy (non-hydrogen) atoms. The van der Waals surface area contributed by atoms with Crippen LogP contribution in [0.4, 0.5) is 11.4 Å². The van der Waals surface area contributed by atoms with E-state index in [9.17, 15) is 13.2 Å². The fourth-order valence-corrected chi connectivity index (χ4v) is 4.37. The molecule has 1 amide bonds. The number of aryl methyl sites for hydroxylation is 2. The number of para-hydroxylation sites is 1. The first kappa shape index (κ1) is 20.3. The minimum atomic E-state index is -3.80. The number of anilines is 2. The van der Waals surface area contributed by atoms with Gasteiger partial charge in [0.15, 0.2) is 0 Å². The van der Waals surface area contributed by atoms with Crippen LogP contribution in [-0.4, -0.2) is 14.3 Å². The lowest BCUT2D eigenvalue weighted by Crippen LogP contribution is -2.19. The molecular weight excluding hydrogens is 487 g/mol. The Balaban J connectivity index is 1.88. The predicted molar refractivity (Wildman–Crippen MR) is 120 cm³/mol. The molecule has 0 bridgehead atoms. The van der Waals surface area contributed by atoms with Gasteiger partial charge >= 0.3 is 0 Å². The van der Waals surface area contributed by atoms with Crippen molar-refractivity contribution in [1.82, 2.24) is 0 Å². The maximum Gasteiger partial charge on any atom is 0.261 e. The van der Waals surface area contributed by atoms with Crippen molar-refractivity contribution < 1.29 is 13.2 Å². The van der Waals surface area contributed by atoms with Gasteiger partial charge in [0.25, 0.3) is 15.9 Å². The molecule has 0 aromatic heterocycles. The Hall–Kier alpha value is -2.39. The molecule has 0 saturated carbocycles. The number of hydrogen-bond acceptors (Lipinski definition) is 3. The second-order valence-electron chi connectivity index (χ2n) is 6.38. The van der Waals surface area contributed by atoms with E-state index in [-0.39, 0.29) is 22.1 Å². The largest absolute Gasteiger partial charge is 0.322 e. The van der Waals surface area contributed by atoms with Crippen LogP contribution in [0.3, 0.4) is 0 Å². The Bertz CT molecular complexity index is 1130. The Kier molecular flexibility index (Phi) is 6.04. The first-order valence-electron chi connectivity index (χ1n) is 8.52. The van der Waals surface area contributed by atoms with E-state index in [0.29, 0.717) is 5.69 Å². The Morgan fingerprint density at radius 1 is 0.893 bits per heavy atom. The van der Waals surface area contributed by atoms with Crippen LogP contribution >= 0.6 is 22.6 Å². The van der Waals surface area contributed by atoms with Crippen molar-refractivity contribution in [3.8, 4) is 0 Å². The molecule has 0 aliphatic carbocycles. The number of hydrogen-bond donors (Lipinski definition) is 2. The normalized spacial score (nSPS) is 11.1. The highest BCUT2D eigenvalue weighted by molar-refractivity contribution is 14.1. The molecular formula is C21H19IN2O3S.